The summed E-state index contributed by atoms with van der Waals surface area (Å²) in [6.07, 6.45) is 3.51. The van der Waals surface area contributed by atoms with Crippen molar-refractivity contribution in [3.8, 4) is 0 Å². The second kappa shape index (κ2) is 6.37. The van der Waals surface area contributed by atoms with Crippen molar-refractivity contribution < 1.29 is 0 Å². The number of hydrogen-bond donors (Lipinski definition) is 0. The van der Waals surface area contributed by atoms with E-state index in [1.54, 1.807) is 0 Å². The molecule has 0 spiro atoms. The quantitative estimate of drug-likeness (QED) is 0.784. The van der Waals surface area contributed by atoms with Gasteiger partial charge < -0.3 is 9.47 Å². The van der Waals surface area contributed by atoms with Gasteiger partial charge in [-0.1, -0.05) is 12.1 Å². The highest BCUT2D eigenvalue weighted by Crippen LogP contribution is 2.25. The molecule has 1 aromatic carbocycles. The number of likely N-dealkylation sites (tertiary alicyclic amines) is 1. The number of aryl methyl sites for hydroxylation is 2. The van der Waals surface area contributed by atoms with Crippen LogP contribution in [0.2, 0.25) is 0 Å². The van der Waals surface area contributed by atoms with Crippen LogP contribution in [0.1, 0.15) is 37.2 Å². The van der Waals surface area contributed by atoms with Gasteiger partial charge >= 0.3 is 0 Å². The number of alkyl halides is 1. The smallest absolute Gasteiger partial charge is 0.111 e. The summed E-state index contributed by atoms with van der Waals surface area (Å²) >= 11 is 5.99. The number of halogens is 1. The Kier molecular flexibility index (Phi) is 4.51. The molecule has 3 nitrogen and oxygen atoms in total. The fraction of sp³-hybridized carbons (Fsp3) is 0.588. The van der Waals surface area contributed by atoms with E-state index in [0.29, 0.717) is 11.9 Å². The highest BCUT2D eigenvalue weighted by atomic mass is 35.5. The van der Waals surface area contributed by atoms with Crippen LogP contribution in [0.15, 0.2) is 18.2 Å². The molecule has 0 aliphatic carbocycles. The summed E-state index contributed by atoms with van der Waals surface area (Å²) in [6, 6.07) is 6.89. The summed E-state index contributed by atoms with van der Waals surface area (Å²) in [5.41, 5.74) is 3.63. The monoisotopic (exact) mass is 305 g/mol. The molecule has 4 heteroatoms. The maximum absolute atomic E-state index is 5.99. The van der Waals surface area contributed by atoms with Crippen LogP contribution in [0.3, 0.4) is 0 Å². The minimum atomic E-state index is 0.438. The molecular weight excluding hydrogens is 282 g/mol. The van der Waals surface area contributed by atoms with E-state index >= 15 is 0 Å². The predicted octanol–water partition coefficient (Wildman–Crippen LogP) is 3.78. The van der Waals surface area contributed by atoms with E-state index in [0.717, 1.165) is 24.3 Å². The third-order valence-electron chi connectivity index (χ3n) is 4.47. The van der Waals surface area contributed by atoms with Gasteiger partial charge in [-0.05, 0) is 51.4 Å². The zero-order chi connectivity index (χ0) is 14.8. The van der Waals surface area contributed by atoms with Crippen LogP contribution in [0.4, 0.5) is 0 Å². The van der Waals surface area contributed by atoms with Crippen LogP contribution >= 0.6 is 11.6 Å². The first-order valence-electron chi connectivity index (χ1n) is 7.95. The van der Waals surface area contributed by atoms with Gasteiger partial charge in [-0.3, -0.25) is 0 Å². The number of benzene rings is 1. The largest absolute Gasteiger partial charge is 0.324 e. The molecule has 1 atom stereocenters. The minimum Gasteiger partial charge on any atom is -0.324 e. The van der Waals surface area contributed by atoms with E-state index in [1.165, 1.54) is 37.0 Å². The number of aromatic nitrogens is 2. The molecule has 0 saturated carbocycles. The maximum atomic E-state index is 5.99. The van der Waals surface area contributed by atoms with Crippen molar-refractivity contribution in [2.75, 3.05) is 25.5 Å². The van der Waals surface area contributed by atoms with E-state index in [4.69, 9.17) is 16.6 Å². The van der Waals surface area contributed by atoms with Crippen LogP contribution < -0.4 is 0 Å². The molecule has 21 heavy (non-hydrogen) atoms. The van der Waals surface area contributed by atoms with Crippen molar-refractivity contribution in [3.63, 3.8) is 0 Å². The lowest BCUT2D eigenvalue weighted by Gasteiger charge is -2.23. The fourth-order valence-corrected chi connectivity index (χ4v) is 3.65. The lowest BCUT2D eigenvalue weighted by molar-refractivity contribution is 0.288. The molecule has 3 rings (SSSR count). The second-order valence-electron chi connectivity index (χ2n) is 6.14. The zero-order valence-electron chi connectivity index (χ0n) is 13.0. The van der Waals surface area contributed by atoms with Crippen LogP contribution in [-0.2, 0) is 6.42 Å². The molecule has 2 heterocycles. The first-order chi connectivity index (χ1) is 10.2. The number of fused-ring (bicyclic) bond motifs is 1. The Morgan fingerprint density at radius 2 is 2.05 bits per heavy atom. The SMILES string of the molecule is Cc1cccc2c1nc(CCCl)n2C(C)CN1CCCC1. The Balaban J connectivity index is 1.97. The topological polar surface area (TPSA) is 21.1 Å². The Labute approximate surface area is 131 Å². The molecular formula is C17H24ClN3. The molecule has 114 valence electrons. The molecule has 1 aliphatic heterocycles. The second-order valence-corrected chi connectivity index (χ2v) is 6.51. The van der Waals surface area contributed by atoms with E-state index in [2.05, 4.69) is 41.5 Å². The van der Waals surface area contributed by atoms with E-state index < -0.39 is 0 Å². The van der Waals surface area contributed by atoms with Crippen molar-refractivity contribution >= 4 is 22.6 Å². The minimum absolute atomic E-state index is 0.438. The fourth-order valence-electron chi connectivity index (χ4n) is 3.48. The van der Waals surface area contributed by atoms with Gasteiger partial charge in [-0.25, -0.2) is 4.98 Å². The van der Waals surface area contributed by atoms with Gasteiger partial charge in [0.1, 0.15) is 5.82 Å². The van der Waals surface area contributed by atoms with Gasteiger partial charge in [0, 0.05) is 24.9 Å². The summed E-state index contributed by atoms with van der Waals surface area (Å²) in [5.74, 6) is 1.75. The third-order valence-corrected chi connectivity index (χ3v) is 4.66. The van der Waals surface area contributed by atoms with Gasteiger partial charge in [-0.15, -0.1) is 11.6 Å². The van der Waals surface area contributed by atoms with Crippen LogP contribution in [0.25, 0.3) is 11.0 Å². The molecule has 0 radical (unpaired) electrons. The van der Waals surface area contributed by atoms with Gasteiger partial charge in [0.25, 0.3) is 0 Å². The van der Waals surface area contributed by atoms with Crippen LogP contribution in [0.5, 0.6) is 0 Å². The first-order valence-corrected chi connectivity index (χ1v) is 8.49. The Bertz CT molecular complexity index is 614. The summed E-state index contributed by atoms with van der Waals surface area (Å²) in [4.78, 5) is 7.42. The maximum Gasteiger partial charge on any atom is 0.111 e. The molecule has 1 fully saturated rings. The van der Waals surface area contributed by atoms with Gasteiger partial charge in [0.05, 0.1) is 11.0 Å². The lowest BCUT2D eigenvalue weighted by atomic mass is 10.2. The Morgan fingerprint density at radius 3 is 2.76 bits per heavy atom. The summed E-state index contributed by atoms with van der Waals surface area (Å²) < 4.78 is 2.41. The van der Waals surface area contributed by atoms with E-state index in [9.17, 15) is 0 Å². The normalized spacial score (nSPS) is 17.7. The molecule has 0 N–H and O–H groups in total. The number of imidazole rings is 1. The van der Waals surface area contributed by atoms with Crippen molar-refractivity contribution in [2.45, 2.75) is 39.2 Å². The van der Waals surface area contributed by atoms with Gasteiger partial charge in [0.2, 0.25) is 0 Å². The number of hydrogen-bond acceptors (Lipinski definition) is 2. The Morgan fingerprint density at radius 1 is 1.29 bits per heavy atom. The molecule has 1 aromatic heterocycles. The summed E-state index contributed by atoms with van der Waals surface area (Å²) in [6.45, 7) is 8.02. The molecule has 0 bridgehead atoms. The number of rotatable bonds is 5. The first kappa shape index (κ1) is 14.9. The zero-order valence-corrected chi connectivity index (χ0v) is 13.7. The number of nitrogens with zero attached hydrogens (tertiary/aromatic N) is 3. The third kappa shape index (κ3) is 2.95. The molecule has 2 aromatic rings. The van der Waals surface area contributed by atoms with Gasteiger partial charge in [-0.2, -0.15) is 0 Å². The van der Waals surface area contributed by atoms with Crippen molar-refractivity contribution in [1.82, 2.24) is 14.5 Å². The highest BCUT2D eigenvalue weighted by molar-refractivity contribution is 6.17. The molecule has 0 amide bonds. The molecule has 1 saturated heterocycles. The standard InChI is InChI=1S/C17H24ClN3/c1-13-6-5-7-15-17(13)19-16(8-9-18)21(15)14(2)12-20-10-3-4-11-20/h5-7,14H,3-4,8-12H2,1-2H3. The van der Waals surface area contributed by atoms with E-state index in [-0.39, 0.29) is 0 Å². The summed E-state index contributed by atoms with van der Waals surface area (Å²) in [7, 11) is 0. The summed E-state index contributed by atoms with van der Waals surface area (Å²) in [5, 5.41) is 0. The lowest BCUT2D eigenvalue weighted by Crippen LogP contribution is -2.28. The average molecular weight is 306 g/mol. The number of para-hydroxylation sites is 1. The van der Waals surface area contributed by atoms with Crippen molar-refractivity contribution in [1.29, 1.82) is 0 Å². The predicted molar refractivity (Wildman–Crippen MR) is 89.3 cm³/mol. The van der Waals surface area contributed by atoms with Crippen molar-refractivity contribution in [3.05, 3.63) is 29.6 Å². The highest BCUT2D eigenvalue weighted by Gasteiger charge is 2.20. The van der Waals surface area contributed by atoms with Gasteiger partial charge in [0.15, 0.2) is 0 Å². The van der Waals surface area contributed by atoms with E-state index in [1.807, 2.05) is 0 Å². The Hall–Kier alpha value is -1.06. The average Bonchev–Trinajstić information content (AvgIpc) is 3.07. The van der Waals surface area contributed by atoms with Crippen LogP contribution in [-0.4, -0.2) is 40.0 Å². The van der Waals surface area contributed by atoms with Crippen LogP contribution in [0, 0.1) is 6.92 Å². The molecule has 1 unspecified atom stereocenters. The van der Waals surface area contributed by atoms with Crippen molar-refractivity contribution in [2.24, 2.45) is 0 Å². The molecule has 1 aliphatic rings.